The summed E-state index contributed by atoms with van der Waals surface area (Å²) in [5.74, 6) is -0.246. The van der Waals surface area contributed by atoms with Gasteiger partial charge in [0.05, 0.1) is 28.9 Å². The zero-order valence-corrected chi connectivity index (χ0v) is 6.96. The van der Waals surface area contributed by atoms with Crippen LogP contribution in [0.25, 0.3) is 0 Å². The Hall–Kier alpha value is 0.120. The molecule has 0 aliphatic carbocycles. The molecule has 1 unspecified atom stereocenters. The van der Waals surface area contributed by atoms with Crippen LogP contribution in [0.3, 0.4) is 0 Å². The lowest BCUT2D eigenvalue weighted by atomic mass is 10.2. The zero-order chi connectivity index (χ0) is 7.28. The third kappa shape index (κ3) is 3.66. The van der Waals surface area contributed by atoms with E-state index in [4.69, 9.17) is 10.8 Å². The van der Waals surface area contributed by atoms with E-state index >= 15 is 0 Å². The van der Waals surface area contributed by atoms with Crippen LogP contribution in [0.1, 0.15) is 6.42 Å². The molecule has 1 atom stereocenters. The summed E-state index contributed by atoms with van der Waals surface area (Å²) in [5.41, 5.74) is 5.26. The van der Waals surface area contributed by atoms with Crippen LogP contribution in [-0.4, -0.2) is 23.7 Å². The molecule has 4 N–H and O–H groups in total. The van der Waals surface area contributed by atoms with Crippen molar-refractivity contribution in [3.05, 3.63) is 0 Å². The second kappa shape index (κ2) is 4.95. The van der Waals surface area contributed by atoms with Crippen molar-refractivity contribution < 1.29 is 9.90 Å². The minimum atomic E-state index is -0.577. The van der Waals surface area contributed by atoms with Crippen molar-refractivity contribution in [3.8, 4) is 0 Å². The number of rotatable bonds is 3. The van der Waals surface area contributed by atoms with Crippen LogP contribution in [0.15, 0.2) is 0 Å². The fourth-order valence-corrected chi connectivity index (χ4v) is 0.740. The van der Waals surface area contributed by atoms with Gasteiger partial charge in [0.15, 0.2) is 0 Å². The molecule has 0 fully saturated rings. The predicted molar refractivity (Wildman–Crippen MR) is 41.8 cm³/mol. The topological polar surface area (TPSA) is 75.3 Å². The molecule has 5 heteroatoms. The third-order valence-electron chi connectivity index (χ3n) is 0.870. The molecular formula is C4H9IN2O2. The quantitative estimate of drug-likeness (QED) is 0.447. The Kier molecular flexibility index (Phi) is 5.02. The lowest BCUT2D eigenvalue weighted by Gasteiger charge is -2.04. The summed E-state index contributed by atoms with van der Waals surface area (Å²) in [5, 5.41) is 8.32. The van der Waals surface area contributed by atoms with Gasteiger partial charge in [-0.1, -0.05) is 0 Å². The van der Waals surface area contributed by atoms with Crippen LogP contribution in [0, 0.1) is 0 Å². The molecule has 0 saturated carbocycles. The molecule has 0 saturated heterocycles. The number of hydrogen-bond donors (Lipinski definition) is 3. The van der Waals surface area contributed by atoms with Gasteiger partial charge >= 0.3 is 0 Å². The van der Waals surface area contributed by atoms with Crippen LogP contribution >= 0.6 is 22.9 Å². The van der Waals surface area contributed by atoms with E-state index in [0.717, 1.165) is 0 Å². The number of aliphatic hydroxyl groups is 1. The smallest absolute Gasteiger partial charge is 0.245 e. The number of amides is 1. The van der Waals surface area contributed by atoms with Crippen molar-refractivity contribution in [2.75, 3.05) is 6.61 Å². The Labute approximate surface area is 67.3 Å². The average Bonchev–Trinajstić information content (AvgIpc) is 1.87. The van der Waals surface area contributed by atoms with Crippen LogP contribution in [0.5, 0.6) is 0 Å². The van der Waals surface area contributed by atoms with Gasteiger partial charge in [0, 0.05) is 6.61 Å². The normalized spacial score (nSPS) is 12.8. The first-order valence-electron chi connectivity index (χ1n) is 2.49. The standard InChI is InChI=1S/C4H9IN2O2/c5-7-4(9)3(6)1-2-8/h3,8H,1-2,6H2,(H,7,9). The average molecular weight is 244 g/mol. The summed E-state index contributed by atoms with van der Waals surface area (Å²) >= 11 is 1.71. The maximum absolute atomic E-state index is 10.5. The minimum Gasteiger partial charge on any atom is -0.396 e. The number of nitrogens with one attached hydrogen (secondary N) is 1. The molecule has 0 heterocycles. The highest BCUT2D eigenvalue weighted by Crippen LogP contribution is 1.87. The summed E-state index contributed by atoms with van der Waals surface area (Å²) in [6.45, 7) is -0.0504. The number of nitrogens with two attached hydrogens (primary N) is 1. The number of halogens is 1. The highest BCUT2D eigenvalue weighted by molar-refractivity contribution is 14.1. The van der Waals surface area contributed by atoms with Gasteiger partial charge in [-0.2, -0.15) is 0 Å². The number of hydrogen-bond acceptors (Lipinski definition) is 3. The summed E-state index contributed by atoms with van der Waals surface area (Å²) in [6, 6.07) is -0.577. The largest absolute Gasteiger partial charge is 0.396 e. The first-order valence-corrected chi connectivity index (χ1v) is 3.57. The Bertz CT molecular complexity index is 98.6. The highest BCUT2D eigenvalue weighted by Gasteiger charge is 2.09. The molecule has 0 aromatic carbocycles. The maximum atomic E-state index is 10.5. The summed E-state index contributed by atoms with van der Waals surface area (Å²) in [4.78, 5) is 10.5. The van der Waals surface area contributed by atoms with Gasteiger partial charge in [0.2, 0.25) is 5.91 Å². The molecule has 1 amide bonds. The molecule has 0 aromatic rings. The molecular weight excluding hydrogens is 235 g/mol. The van der Waals surface area contributed by atoms with Crippen LogP contribution in [0.4, 0.5) is 0 Å². The van der Waals surface area contributed by atoms with Gasteiger partial charge in [-0.15, -0.1) is 0 Å². The Balaban J connectivity index is 3.45. The molecule has 0 rings (SSSR count). The molecule has 0 aromatic heterocycles. The number of carbonyl (C=O) groups is 1. The van der Waals surface area contributed by atoms with E-state index in [2.05, 4.69) is 3.53 Å². The van der Waals surface area contributed by atoms with Crippen molar-refractivity contribution >= 4 is 28.8 Å². The van der Waals surface area contributed by atoms with Gasteiger partial charge in [-0.05, 0) is 6.42 Å². The maximum Gasteiger partial charge on any atom is 0.245 e. The molecule has 4 nitrogen and oxygen atoms in total. The molecule has 0 aliphatic heterocycles. The van der Waals surface area contributed by atoms with Gasteiger partial charge in [-0.3, -0.25) is 8.32 Å². The second-order valence-corrected chi connectivity index (χ2v) is 2.12. The number of carbonyl (C=O) groups excluding carboxylic acids is 1. The Morgan fingerprint density at radius 3 is 2.78 bits per heavy atom. The van der Waals surface area contributed by atoms with Gasteiger partial charge in [0.25, 0.3) is 0 Å². The second-order valence-electron chi connectivity index (χ2n) is 1.58. The van der Waals surface area contributed by atoms with Crippen LogP contribution in [-0.2, 0) is 4.79 Å². The van der Waals surface area contributed by atoms with Crippen molar-refractivity contribution in [1.82, 2.24) is 3.53 Å². The fourth-order valence-electron chi connectivity index (χ4n) is 0.340. The molecule has 9 heavy (non-hydrogen) atoms. The Morgan fingerprint density at radius 2 is 2.44 bits per heavy atom. The summed E-state index contributed by atoms with van der Waals surface area (Å²) in [7, 11) is 0. The number of aliphatic hydroxyl groups excluding tert-OH is 1. The summed E-state index contributed by atoms with van der Waals surface area (Å²) < 4.78 is 2.34. The van der Waals surface area contributed by atoms with E-state index in [9.17, 15) is 4.79 Å². The molecule has 0 radical (unpaired) electrons. The van der Waals surface area contributed by atoms with Crippen LogP contribution in [0.2, 0.25) is 0 Å². The van der Waals surface area contributed by atoms with E-state index in [1.807, 2.05) is 0 Å². The zero-order valence-electron chi connectivity index (χ0n) is 4.80. The van der Waals surface area contributed by atoms with E-state index in [0.29, 0.717) is 6.42 Å². The van der Waals surface area contributed by atoms with E-state index in [-0.39, 0.29) is 12.5 Å². The molecule has 0 aliphatic rings. The van der Waals surface area contributed by atoms with Gasteiger partial charge in [-0.25, -0.2) is 0 Å². The lowest BCUT2D eigenvalue weighted by Crippen LogP contribution is -2.36. The first-order chi connectivity index (χ1) is 4.22. The van der Waals surface area contributed by atoms with E-state index < -0.39 is 6.04 Å². The van der Waals surface area contributed by atoms with Crippen molar-refractivity contribution in [2.45, 2.75) is 12.5 Å². The summed E-state index contributed by atoms with van der Waals surface area (Å²) in [6.07, 6.45) is 0.314. The Morgan fingerprint density at radius 1 is 1.89 bits per heavy atom. The molecule has 54 valence electrons. The molecule has 0 bridgehead atoms. The first kappa shape index (κ1) is 9.12. The van der Waals surface area contributed by atoms with Crippen molar-refractivity contribution in [2.24, 2.45) is 5.73 Å². The SMILES string of the molecule is NC(CCO)C(=O)NI. The monoisotopic (exact) mass is 244 g/mol. The van der Waals surface area contributed by atoms with Gasteiger partial charge < -0.3 is 10.8 Å². The molecule has 0 spiro atoms. The fraction of sp³-hybridized carbons (Fsp3) is 0.750. The van der Waals surface area contributed by atoms with Crippen molar-refractivity contribution in [3.63, 3.8) is 0 Å². The van der Waals surface area contributed by atoms with Gasteiger partial charge in [0.1, 0.15) is 0 Å². The van der Waals surface area contributed by atoms with Crippen LogP contribution < -0.4 is 9.26 Å². The van der Waals surface area contributed by atoms with Crippen molar-refractivity contribution in [1.29, 1.82) is 0 Å². The highest BCUT2D eigenvalue weighted by atomic mass is 127. The lowest BCUT2D eigenvalue weighted by molar-refractivity contribution is -0.120. The van der Waals surface area contributed by atoms with E-state index in [1.165, 1.54) is 0 Å². The predicted octanol–water partition coefficient (Wildman–Crippen LogP) is -0.838. The minimum absolute atomic E-state index is 0.0504. The third-order valence-corrected chi connectivity index (χ3v) is 1.40. The van der Waals surface area contributed by atoms with E-state index in [1.54, 1.807) is 22.9 Å².